The third-order valence-corrected chi connectivity index (χ3v) is 6.42. The molecule has 38 heavy (non-hydrogen) atoms. The van der Waals surface area contributed by atoms with E-state index in [4.69, 9.17) is 10.7 Å². The second-order valence-electron chi connectivity index (χ2n) is 9.67. The van der Waals surface area contributed by atoms with Crippen LogP contribution in [0.3, 0.4) is 0 Å². The first-order chi connectivity index (χ1) is 18.2. The van der Waals surface area contributed by atoms with Crippen molar-refractivity contribution in [3.8, 4) is 0 Å². The van der Waals surface area contributed by atoms with E-state index in [-0.39, 0.29) is 29.6 Å². The molecule has 0 aliphatic carbocycles. The van der Waals surface area contributed by atoms with E-state index in [1.165, 1.54) is 4.57 Å². The molecule has 0 saturated heterocycles. The molecule has 0 radical (unpaired) electrons. The SMILES string of the molecule is Cc1ccc(C(=O)N(CCCN)C(c2nc(C)c(C(=O)NCO)c(=O)n2Cc2ccccc2)C(C)C)cc1. The average molecular weight is 520 g/mol. The van der Waals surface area contributed by atoms with Crippen LogP contribution < -0.4 is 16.6 Å². The maximum atomic E-state index is 13.9. The lowest BCUT2D eigenvalue weighted by Gasteiger charge is -2.36. The fourth-order valence-corrected chi connectivity index (χ4v) is 4.54. The predicted octanol–water partition coefficient (Wildman–Crippen LogP) is 2.78. The van der Waals surface area contributed by atoms with Crippen LogP contribution in [0, 0.1) is 19.8 Å². The second kappa shape index (κ2) is 13.1. The van der Waals surface area contributed by atoms with Crippen molar-refractivity contribution in [1.29, 1.82) is 0 Å². The highest BCUT2D eigenvalue weighted by atomic mass is 16.3. The molecule has 0 spiro atoms. The molecule has 202 valence electrons. The lowest BCUT2D eigenvalue weighted by atomic mass is 9.98. The van der Waals surface area contributed by atoms with Gasteiger partial charge in [0.1, 0.15) is 18.1 Å². The van der Waals surface area contributed by atoms with Gasteiger partial charge in [-0.1, -0.05) is 61.9 Å². The van der Waals surface area contributed by atoms with E-state index in [9.17, 15) is 19.5 Å². The zero-order valence-electron chi connectivity index (χ0n) is 22.5. The lowest BCUT2D eigenvalue weighted by molar-refractivity contribution is 0.0600. The molecule has 9 heteroatoms. The van der Waals surface area contributed by atoms with Crippen molar-refractivity contribution in [2.75, 3.05) is 19.8 Å². The zero-order chi connectivity index (χ0) is 27.8. The van der Waals surface area contributed by atoms with Gasteiger partial charge in [0.15, 0.2) is 0 Å². The van der Waals surface area contributed by atoms with Crippen molar-refractivity contribution in [2.45, 2.75) is 46.7 Å². The van der Waals surface area contributed by atoms with Crippen LogP contribution in [0.1, 0.15) is 69.7 Å². The minimum Gasteiger partial charge on any atom is -0.376 e. The van der Waals surface area contributed by atoms with Crippen molar-refractivity contribution in [1.82, 2.24) is 19.8 Å². The fourth-order valence-electron chi connectivity index (χ4n) is 4.54. The monoisotopic (exact) mass is 519 g/mol. The van der Waals surface area contributed by atoms with Crippen molar-refractivity contribution < 1.29 is 14.7 Å². The fraction of sp³-hybridized carbons (Fsp3) is 0.379. The number of benzene rings is 2. The number of carbonyl (C=O) groups is 2. The number of amides is 2. The average Bonchev–Trinajstić information content (AvgIpc) is 2.89. The Morgan fingerprint density at radius 1 is 1.08 bits per heavy atom. The predicted molar refractivity (Wildman–Crippen MR) is 147 cm³/mol. The van der Waals surface area contributed by atoms with E-state index in [0.29, 0.717) is 30.9 Å². The molecular weight excluding hydrogens is 482 g/mol. The van der Waals surface area contributed by atoms with Gasteiger partial charge in [0.25, 0.3) is 17.4 Å². The Kier molecular flexibility index (Phi) is 9.92. The maximum Gasteiger partial charge on any atom is 0.267 e. The van der Waals surface area contributed by atoms with E-state index < -0.39 is 24.2 Å². The van der Waals surface area contributed by atoms with Crippen LogP contribution in [0.25, 0.3) is 0 Å². The molecular formula is C29H37N5O4. The number of rotatable bonds is 11. The minimum atomic E-state index is -0.701. The van der Waals surface area contributed by atoms with Gasteiger partial charge >= 0.3 is 0 Å². The van der Waals surface area contributed by atoms with Crippen LogP contribution in [0.15, 0.2) is 59.4 Å². The topological polar surface area (TPSA) is 131 Å². The molecule has 1 atom stereocenters. The van der Waals surface area contributed by atoms with Crippen LogP contribution in [-0.4, -0.2) is 51.2 Å². The van der Waals surface area contributed by atoms with Gasteiger partial charge in [0.05, 0.1) is 18.3 Å². The molecule has 3 rings (SSSR count). The first-order valence-corrected chi connectivity index (χ1v) is 12.8. The van der Waals surface area contributed by atoms with Gasteiger partial charge in [0, 0.05) is 12.1 Å². The lowest BCUT2D eigenvalue weighted by Crippen LogP contribution is -2.44. The summed E-state index contributed by atoms with van der Waals surface area (Å²) in [4.78, 5) is 46.9. The number of carbonyl (C=O) groups excluding carboxylic acids is 2. The number of aliphatic hydroxyl groups is 1. The molecule has 0 aliphatic rings. The molecule has 1 unspecified atom stereocenters. The summed E-state index contributed by atoms with van der Waals surface area (Å²) in [5.74, 6) is -0.609. The van der Waals surface area contributed by atoms with Crippen LogP contribution in [0.2, 0.25) is 0 Å². The Labute approximate surface area is 223 Å². The van der Waals surface area contributed by atoms with Crippen molar-refractivity contribution >= 4 is 11.8 Å². The van der Waals surface area contributed by atoms with Crippen molar-refractivity contribution in [3.63, 3.8) is 0 Å². The molecule has 2 amide bonds. The maximum absolute atomic E-state index is 13.9. The summed E-state index contributed by atoms with van der Waals surface area (Å²) in [6, 6.07) is 16.2. The first kappa shape index (κ1) is 28.7. The van der Waals surface area contributed by atoms with Gasteiger partial charge in [-0.15, -0.1) is 0 Å². The Bertz CT molecular complexity index is 1300. The van der Waals surface area contributed by atoms with Crippen molar-refractivity contribution in [2.24, 2.45) is 11.7 Å². The highest BCUT2D eigenvalue weighted by Crippen LogP contribution is 2.30. The smallest absolute Gasteiger partial charge is 0.267 e. The van der Waals surface area contributed by atoms with Crippen LogP contribution in [0.5, 0.6) is 0 Å². The standard InChI is InChI=1S/C29H37N5O4/c1-19(2)25(33(16-8-15-30)28(37)23-13-11-20(3)12-14-23)26-32-21(4)24(27(36)31-18-35)29(38)34(26)17-22-9-6-5-7-10-22/h5-7,9-14,19,25,35H,8,15-18,30H2,1-4H3,(H,31,36). The largest absolute Gasteiger partial charge is 0.376 e. The normalized spacial score (nSPS) is 11.9. The van der Waals surface area contributed by atoms with Crippen LogP contribution in [-0.2, 0) is 6.54 Å². The summed E-state index contributed by atoms with van der Waals surface area (Å²) in [5, 5.41) is 11.5. The van der Waals surface area contributed by atoms with Gasteiger partial charge in [-0.2, -0.15) is 0 Å². The molecule has 9 nitrogen and oxygen atoms in total. The molecule has 4 N–H and O–H groups in total. The minimum absolute atomic E-state index is 0.118. The number of aryl methyl sites for hydroxylation is 2. The number of hydrogen-bond donors (Lipinski definition) is 3. The highest BCUT2D eigenvalue weighted by molar-refractivity contribution is 5.95. The van der Waals surface area contributed by atoms with Crippen LogP contribution >= 0.6 is 0 Å². The van der Waals surface area contributed by atoms with Crippen molar-refractivity contribution in [3.05, 3.63) is 98.7 Å². The van der Waals surface area contributed by atoms with E-state index in [0.717, 1.165) is 11.1 Å². The Morgan fingerprint density at radius 3 is 2.32 bits per heavy atom. The van der Waals surface area contributed by atoms with Gasteiger partial charge in [-0.25, -0.2) is 4.98 Å². The van der Waals surface area contributed by atoms with Gasteiger partial charge in [0.2, 0.25) is 0 Å². The Morgan fingerprint density at radius 2 is 1.74 bits per heavy atom. The van der Waals surface area contributed by atoms with E-state index in [2.05, 4.69) is 5.32 Å². The summed E-state index contributed by atoms with van der Waals surface area (Å²) in [7, 11) is 0. The molecule has 0 fully saturated rings. The quantitative estimate of drug-likeness (QED) is 0.334. The molecule has 0 bridgehead atoms. The van der Waals surface area contributed by atoms with E-state index in [1.807, 2.05) is 63.2 Å². The van der Waals surface area contributed by atoms with Crippen LogP contribution in [0.4, 0.5) is 0 Å². The van der Waals surface area contributed by atoms with E-state index >= 15 is 0 Å². The number of nitrogens with two attached hydrogens (primary N) is 1. The first-order valence-electron chi connectivity index (χ1n) is 12.8. The summed E-state index contributed by atoms with van der Waals surface area (Å²) < 4.78 is 1.47. The molecule has 1 aromatic heterocycles. The molecule has 0 aliphatic heterocycles. The number of aromatic nitrogens is 2. The zero-order valence-corrected chi connectivity index (χ0v) is 22.5. The summed E-state index contributed by atoms with van der Waals surface area (Å²) in [5.41, 5.74) is 7.82. The molecule has 1 heterocycles. The molecule has 0 saturated carbocycles. The van der Waals surface area contributed by atoms with E-state index in [1.54, 1.807) is 24.0 Å². The third kappa shape index (κ3) is 6.54. The number of nitrogens with one attached hydrogen (secondary N) is 1. The van der Waals surface area contributed by atoms with Gasteiger partial charge < -0.3 is 21.1 Å². The number of aliphatic hydroxyl groups excluding tert-OH is 1. The Hall–Kier alpha value is -3.82. The third-order valence-electron chi connectivity index (χ3n) is 6.42. The summed E-state index contributed by atoms with van der Waals surface area (Å²) in [6.07, 6.45) is 0.569. The second-order valence-corrected chi connectivity index (χ2v) is 9.67. The molecule has 2 aromatic carbocycles. The molecule has 3 aromatic rings. The summed E-state index contributed by atoms with van der Waals surface area (Å²) in [6.45, 7) is 7.82. The highest BCUT2D eigenvalue weighted by Gasteiger charge is 2.33. The summed E-state index contributed by atoms with van der Waals surface area (Å²) >= 11 is 0. The Balaban J connectivity index is 2.24. The van der Waals surface area contributed by atoms with Gasteiger partial charge in [-0.3, -0.25) is 19.0 Å². The number of nitrogens with zero attached hydrogens (tertiary/aromatic N) is 3. The van der Waals surface area contributed by atoms with Gasteiger partial charge in [-0.05, 0) is 50.4 Å². The number of hydrogen-bond acceptors (Lipinski definition) is 6.